The van der Waals surface area contributed by atoms with Crippen LogP contribution in [-0.4, -0.2) is 41.0 Å². The molecule has 1 saturated heterocycles. The summed E-state index contributed by atoms with van der Waals surface area (Å²) in [4.78, 5) is 15.0. The molecule has 1 fully saturated rings. The molecule has 29 heavy (non-hydrogen) atoms. The van der Waals surface area contributed by atoms with E-state index in [1.807, 2.05) is 0 Å². The third kappa shape index (κ3) is 4.03. The molecule has 0 N–H and O–H groups in total. The van der Waals surface area contributed by atoms with Crippen molar-refractivity contribution in [3.05, 3.63) is 77.5 Å². The lowest BCUT2D eigenvalue weighted by atomic mass is 9.92. The molecule has 2 aliphatic rings. The number of hydrogen-bond donors (Lipinski definition) is 0. The summed E-state index contributed by atoms with van der Waals surface area (Å²) >= 11 is 0. The molecule has 0 amide bonds. The molecule has 0 bridgehead atoms. The van der Waals surface area contributed by atoms with Crippen LogP contribution in [0.25, 0.3) is 11.3 Å². The molecule has 0 spiro atoms. The lowest BCUT2D eigenvalue weighted by Crippen LogP contribution is -2.46. The van der Waals surface area contributed by atoms with E-state index in [2.05, 4.69) is 70.5 Å². The Morgan fingerprint density at radius 1 is 0.724 bits per heavy atom. The Morgan fingerprint density at radius 3 is 2.17 bits per heavy atom. The Morgan fingerprint density at radius 2 is 1.41 bits per heavy atom. The second kappa shape index (κ2) is 8.34. The lowest BCUT2D eigenvalue weighted by Gasteiger charge is -2.35. The topological polar surface area (TPSA) is 32.3 Å². The molecule has 2 heterocycles. The van der Waals surface area contributed by atoms with Gasteiger partial charge in [-0.05, 0) is 31.2 Å². The molecule has 0 unspecified atom stereocenters. The van der Waals surface area contributed by atoms with E-state index < -0.39 is 0 Å². The van der Waals surface area contributed by atoms with E-state index in [1.54, 1.807) is 0 Å². The zero-order chi connectivity index (χ0) is 19.5. The predicted octanol–water partition coefficient (Wildman–Crippen LogP) is 4.34. The number of aromatic nitrogens is 2. The molecule has 4 nitrogen and oxygen atoms in total. The Hall–Kier alpha value is -2.72. The van der Waals surface area contributed by atoms with Crippen LogP contribution in [0.4, 0.5) is 5.95 Å². The van der Waals surface area contributed by atoms with E-state index >= 15 is 0 Å². The van der Waals surface area contributed by atoms with E-state index in [0.717, 1.165) is 57.2 Å². The molecule has 0 radical (unpaired) electrons. The fraction of sp³-hybridized carbons (Fsp3) is 0.360. The van der Waals surface area contributed by atoms with E-state index in [1.165, 1.54) is 35.2 Å². The Labute approximate surface area is 173 Å². The van der Waals surface area contributed by atoms with Gasteiger partial charge in [-0.2, -0.15) is 0 Å². The zero-order valence-electron chi connectivity index (χ0n) is 16.9. The van der Waals surface area contributed by atoms with Gasteiger partial charge in [0.15, 0.2) is 0 Å². The standard InChI is InChI=1S/C25H28N4/c1-3-9-20(10-4-1)19-28-15-17-29(18-16-28)25-26-23-14-8-7-13-22(23)24(27-25)21-11-5-2-6-12-21/h1-6,9-12H,7-8,13-19H2. The maximum Gasteiger partial charge on any atom is 0.226 e. The number of aryl methyl sites for hydroxylation is 1. The summed E-state index contributed by atoms with van der Waals surface area (Å²) in [7, 11) is 0. The van der Waals surface area contributed by atoms with Crippen LogP contribution in [0.2, 0.25) is 0 Å². The fourth-order valence-electron chi connectivity index (χ4n) is 4.50. The first-order chi connectivity index (χ1) is 14.4. The lowest BCUT2D eigenvalue weighted by molar-refractivity contribution is 0.248. The van der Waals surface area contributed by atoms with Crippen molar-refractivity contribution in [1.82, 2.24) is 14.9 Å². The molecule has 1 aromatic heterocycles. The fourth-order valence-corrected chi connectivity index (χ4v) is 4.50. The molecule has 5 rings (SSSR count). The first-order valence-corrected chi connectivity index (χ1v) is 10.8. The van der Waals surface area contributed by atoms with E-state index in [-0.39, 0.29) is 0 Å². The summed E-state index contributed by atoms with van der Waals surface area (Å²) < 4.78 is 0. The van der Waals surface area contributed by atoms with Gasteiger partial charge >= 0.3 is 0 Å². The number of anilines is 1. The van der Waals surface area contributed by atoms with E-state index in [4.69, 9.17) is 9.97 Å². The van der Waals surface area contributed by atoms with Crippen LogP contribution in [0.15, 0.2) is 60.7 Å². The summed E-state index contributed by atoms with van der Waals surface area (Å²) in [6.07, 6.45) is 4.67. The molecular formula is C25H28N4. The Kier molecular flexibility index (Phi) is 5.27. The Bertz CT molecular complexity index is 947. The highest BCUT2D eigenvalue weighted by Crippen LogP contribution is 2.31. The molecule has 148 valence electrons. The van der Waals surface area contributed by atoms with Crippen molar-refractivity contribution in [1.29, 1.82) is 0 Å². The third-order valence-corrected chi connectivity index (χ3v) is 6.12. The van der Waals surface area contributed by atoms with E-state index in [0.29, 0.717) is 0 Å². The molecule has 1 aliphatic carbocycles. The molecule has 3 aromatic rings. The number of hydrogen-bond acceptors (Lipinski definition) is 4. The zero-order valence-corrected chi connectivity index (χ0v) is 16.9. The summed E-state index contributed by atoms with van der Waals surface area (Å²) in [5.41, 5.74) is 6.40. The van der Waals surface area contributed by atoms with Gasteiger partial charge in [0, 0.05) is 49.5 Å². The highest BCUT2D eigenvalue weighted by molar-refractivity contribution is 5.66. The number of nitrogens with zero attached hydrogens (tertiary/aromatic N) is 4. The second-order valence-corrected chi connectivity index (χ2v) is 8.12. The smallest absolute Gasteiger partial charge is 0.226 e. The van der Waals surface area contributed by atoms with Crippen molar-refractivity contribution in [3.8, 4) is 11.3 Å². The molecular weight excluding hydrogens is 356 g/mol. The maximum atomic E-state index is 5.09. The highest BCUT2D eigenvalue weighted by Gasteiger charge is 2.24. The minimum Gasteiger partial charge on any atom is -0.338 e. The number of piperazine rings is 1. The first kappa shape index (κ1) is 18.3. The summed E-state index contributed by atoms with van der Waals surface area (Å²) in [6, 6.07) is 21.4. The molecule has 4 heteroatoms. The number of benzene rings is 2. The predicted molar refractivity (Wildman–Crippen MR) is 118 cm³/mol. The van der Waals surface area contributed by atoms with Gasteiger partial charge in [-0.25, -0.2) is 9.97 Å². The van der Waals surface area contributed by atoms with Crippen LogP contribution in [0, 0.1) is 0 Å². The first-order valence-electron chi connectivity index (χ1n) is 10.8. The van der Waals surface area contributed by atoms with Crippen molar-refractivity contribution in [2.75, 3.05) is 31.1 Å². The van der Waals surface area contributed by atoms with Gasteiger partial charge in [0.05, 0.1) is 5.69 Å². The van der Waals surface area contributed by atoms with Gasteiger partial charge in [-0.3, -0.25) is 4.90 Å². The monoisotopic (exact) mass is 384 g/mol. The number of fused-ring (bicyclic) bond motifs is 1. The van der Waals surface area contributed by atoms with Gasteiger partial charge in [-0.15, -0.1) is 0 Å². The van der Waals surface area contributed by atoms with Crippen LogP contribution in [0.5, 0.6) is 0 Å². The summed E-state index contributed by atoms with van der Waals surface area (Å²) in [6.45, 7) is 5.10. The van der Waals surface area contributed by atoms with Crippen molar-refractivity contribution >= 4 is 5.95 Å². The summed E-state index contributed by atoms with van der Waals surface area (Å²) in [5.74, 6) is 0.920. The largest absolute Gasteiger partial charge is 0.338 e. The molecule has 1 aliphatic heterocycles. The van der Waals surface area contributed by atoms with Crippen molar-refractivity contribution in [3.63, 3.8) is 0 Å². The quantitative estimate of drug-likeness (QED) is 0.670. The summed E-state index contributed by atoms with van der Waals surface area (Å²) in [5, 5.41) is 0. The van der Waals surface area contributed by atoms with Crippen LogP contribution < -0.4 is 4.90 Å². The average Bonchev–Trinajstić information content (AvgIpc) is 2.80. The SMILES string of the molecule is c1ccc(CN2CCN(c3nc4c(c(-c5ccccc5)n3)CCCC4)CC2)cc1. The average molecular weight is 385 g/mol. The minimum atomic E-state index is 0.920. The highest BCUT2D eigenvalue weighted by atomic mass is 15.3. The molecule has 0 saturated carbocycles. The number of rotatable bonds is 4. The van der Waals surface area contributed by atoms with Gasteiger partial charge in [0.25, 0.3) is 0 Å². The minimum absolute atomic E-state index is 0.920. The van der Waals surface area contributed by atoms with Crippen LogP contribution in [0.3, 0.4) is 0 Å². The van der Waals surface area contributed by atoms with Crippen LogP contribution >= 0.6 is 0 Å². The van der Waals surface area contributed by atoms with Gasteiger partial charge in [0.1, 0.15) is 0 Å². The van der Waals surface area contributed by atoms with Gasteiger partial charge < -0.3 is 4.90 Å². The van der Waals surface area contributed by atoms with Crippen molar-refractivity contribution < 1.29 is 0 Å². The van der Waals surface area contributed by atoms with Gasteiger partial charge in [-0.1, -0.05) is 60.7 Å². The second-order valence-electron chi connectivity index (χ2n) is 8.12. The van der Waals surface area contributed by atoms with Crippen LogP contribution in [0.1, 0.15) is 29.7 Å². The molecule has 0 atom stereocenters. The van der Waals surface area contributed by atoms with E-state index in [9.17, 15) is 0 Å². The van der Waals surface area contributed by atoms with Crippen LogP contribution in [-0.2, 0) is 19.4 Å². The van der Waals surface area contributed by atoms with Gasteiger partial charge in [0.2, 0.25) is 5.95 Å². The maximum absolute atomic E-state index is 5.09. The normalized spacial score (nSPS) is 17.2. The molecule has 2 aromatic carbocycles. The van der Waals surface area contributed by atoms with Crippen molar-refractivity contribution in [2.24, 2.45) is 0 Å². The van der Waals surface area contributed by atoms with Crippen molar-refractivity contribution in [2.45, 2.75) is 32.2 Å². The Balaban J connectivity index is 1.36. The third-order valence-electron chi connectivity index (χ3n) is 6.12.